The maximum absolute atomic E-state index is 5.44. The molecule has 0 bridgehead atoms. The predicted octanol–water partition coefficient (Wildman–Crippen LogP) is 3.61. The van der Waals surface area contributed by atoms with Crippen molar-refractivity contribution in [2.45, 2.75) is 32.3 Å². The minimum Gasteiger partial charge on any atom is -0.494 e. The largest absolute Gasteiger partial charge is 0.494 e. The Morgan fingerprint density at radius 1 is 1.83 bits per heavy atom. The third-order valence-corrected chi connectivity index (χ3v) is 2.60. The van der Waals surface area contributed by atoms with Crippen molar-refractivity contribution in [2.75, 3.05) is 0 Å². The van der Waals surface area contributed by atoms with Crippen LogP contribution in [0.15, 0.2) is 23.4 Å². The first-order valence-electron chi connectivity index (χ1n) is 4.31. The molecule has 0 aromatic heterocycles. The highest BCUT2D eigenvalue weighted by atomic mass is 79.9. The second-order valence-electron chi connectivity index (χ2n) is 3.29. The fourth-order valence-corrected chi connectivity index (χ4v) is 1.93. The number of ether oxygens (including phenoxy) is 1. The molecule has 0 radical (unpaired) electrons. The van der Waals surface area contributed by atoms with Crippen molar-refractivity contribution >= 4 is 15.9 Å². The van der Waals surface area contributed by atoms with Crippen LogP contribution in [0.25, 0.3) is 0 Å². The topological polar surface area (TPSA) is 9.23 Å². The summed E-state index contributed by atoms with van der Waals surface area (Å²) >= 11 is 3.38. The zero-order chi connectivity index (χ0) is 9.14. The van der Waals surface area contributed by atoms with Gasteiger partial charge in [0.2, 0.25) is 0 Å². The Hall–Kier alpha value is -0.240. The molecule has 0 aromatic carbocycles. The van der Waals surface area contributed by atoms with E-state index in [1.165, 1.54) is 0 Å². The number of halogens is 1. The molecule has 2 atom stereocenters. The van der Waals surface area contributed by atoms with E-state index in [0.717, 1.165) is 29.5 Å². The van der Waals surface area contributed by atoms with E-state index in [1.54, 1.807) is 0 Å². The van der Waals surface area contributed by atoms with Crippen LogP contribution >= 0.6 is 15.9 Å². The Morgan fingerprint density at radius 3 is 2.75 bits per heavy atom. The highest BCUT2D eigenvalue weighted by molar-refractivity contribution is 9.11. The van der Waals surface area contributed by atoms with Gasteiger partial charge >= 0.3 is 0 Å². The Kier molecular flexibility index (Phi) is 3.39. The monoisotopic (exact) mass is 230 g/mol. The van der Waals surface area contributed by atoms with E-state index >= 15 is 0 Å². The maximum Gasteiger partial charge on any atom is 0.108 e. The van der Waals surface area contributed by atoms with E-state index in [1.807, 2.05) is 0 Å². The highest BCUT2D eigenvalue weighted by Crippen LogP contribution is 2.34. The summed E-state index contributed by atoms with van der Waals surface area (Å²) in [4.78, 5) is 0. The lowest BCUT2D eigenvalue weighted by Gasteiger charge is -2.36. The van der Waals surface area contributed by atoms with Crippen LogP contribution in [0, 0.1) is 5.92 Å². The molecule has 1 fully saturated rings. The van der Waals surface area contributed by atoms with Crippen LogP contribution in [-0.2, 0) is 4.74 Å². The smallest absolute Gasteiger partial charge is 0.108 e. The first kappa shape index (κ1) is 9.85. The van der Waals surface area contributed by atoms with E-state index in [9.17, 15) is 0 Å². The molecule has 12 heavy (non-hydrogen) atoms. The molecule has 68 valence electrons. The standard InChI is InChI=1S/C10H15BrO/c1-4-9(5-7(2)11)10-6-8(3)12-10/h9-10H,2-6H2,1H3. The average Bonchev–Trinajstić information content (AvgIpc) is 1.94. The molecule has 0 aromatic rings. The third kappa shape index (κ3) is 2.37. The molecular formula is C10H15BrO. The van der Waals surface area contributed by atoms with Crippen LogP contribution in [-0.4, -0.2) is 6.10 Å². The molecule has 1 saturated heterocycles. The van der Waals surface area contributed by atoms with Gasteiger partial charge in [-0.25, -0.2) is 0 Å². The van der Waals surface area contributed by atoms with Crippen molar-refractivity contribution in [1.82, 2.24) is 0 Å². The highest BCUT2D eigenvalue weighted by Gasteiger charge is 2.30. The van der Waals surface area contributed by atoms with Gasteiger partial charge in [0.05, 0.1) is 5.76 Å². The van der Waals surface area contributed by atoms with Crippen molar-refractivity contribution in [3.8, 4) is 0 Å². The molecule has 1 aliphatic rings. The van der Waals surface area contributed by atoms with Crippen LogP contribution in [0.1, 0.15) is 26.2 Å². The summed E-state index contributed by atoms with van der Waals surface area (Å²) in [5.74, 6) is 1.53. The van der Waals surface area contributed by atoms with Gasteiger partial charge < -0.3 is 4.74 Å². The SMILES string of the molecule is C=C(Br)CC(CC)C1CC(=C)O1. The van der Waals surface area contributed by atoms with E-state index in [0.29, 0.717) is 12.0 Å². The zero-order valence-electron chi connectivity index (χ0n) is 7.48. The molecule has 0 N–H and O–H groups in total. The lowest BCUT2D eigenvalue weighted by atomic mass is 9.90. The fourth-order valence-electron chi connectivity index (χ4n) is 1.51. The van der Waals surface area contributed by atoms with Crippen LogP contribution < -0.4 is 0 Å². The number of hydrogen-bond acceptors (Lipinski definition) is 1. The molecule has 0 spiro atoms. The van der Waals surface area contributed by atoms with Gasteiger partial charge in [0.15, 0.2) is 0 Å². The molecular weight excluding hydrogens is 216 g/mol. The van der Waals surface area contributed by atoms with Gasteiger partial charge in [-0.05, 0) is 17.3 Å². The minimum atomic E-state index is 0.386. The van der Waals surface area contributed by atoms with Gasteiger partial charge in [-0.15, -0.1) is 0 Å². The van der Waals surface area contributed by atoms with E-state index in [2.05, 4.69) is 36.0 Å². The second-order valence-corrected chi connectivity index (χ2v) is 4.41. The van der Waals surface area contributed by atoms with Gasteiger partial charge in [0.1, 0.15) is 6.10 Å². The lowest BCUT2D eigenvalue weighted by Crippen LogP contribution is -2.32. The molecule has 0 amide bonds. The van der Waals surface area contributed by atoms with E-state index < -0.39 is 0 Å². The second kappa shape index (κ2) is 4.13. The molecule has 0 saturated carbocycles. The lowest BCUT2D eigenvalue weighted by molar-refractivity contribution is -0.0217. The van der Waals surface area contributed by atoms with Gasteiger partial charge in [-0.2, -0.15) is 0 Å². The third-order valence-electron chi connectivity index (χ3n) is 2.28. The number of allylic oxidation sites excluding steroid dienone is 1. The number of rotatable bonds is 4. The normalized spacial score (nSPS) is 24.2. The summed E-state index contributed by atoms with van der Waals surface area (Å²) in [6.45, 7) is 9.78. The van der Waals surface area contributed by atoms with Gasteiger partial charge in [0.25, 0.3) is 0 Å². The number of hydrogen-bond donors (Lipinski definition) is 0. The van der Waals surface area contributed by atoms with Gasteiger partial charge in [0, 0.05) is 12.3 Å². The van der Waals surface area contributed by atoms with Crippen molar-refractivity contribution in [1.29, 1.82) is 0 Å². The molecule has 0 aliphatic carbocycles. The van der Waals surface area contributed by atoms with E-state index in [-0.39, 0.29) is 0 Å². The first-order valence-corrected chi connectivity index (χ1v) is 5.10. The summed E-state index contributed by atoms with van der Waals surface area (Å²) in [5, 5.41) is 0. The van der Waals surface area contributed by atoms with Crippen LogP contribution in [0.5, 0.6) is 0 Å². The van der Waals surface area contributed by atoms with Crippen LogP contribution in [0.4, 0.5) is 0 Å². The predicted molar refractivity (Wildman–Crippen MR) is 55.1 cm³/mol. The molecule has 1 nitrogen and oxygen atoms in total. The van der Waals surface area contributed by atoms with Crippen LogP contribution in [0.3, 0.4) is 0 Å². The summed E-state index contributed by atoms with van der Waals surface area (Å²) in [5.41, 5.74) is 0. The van der Waals surface area contributed by atoms with Crippen molar-refractivity contribution in [2.24, 2.45) is 5.92 Å². The fraction of sp³-hybridized carbons (Fsp3) is 0.600. The summed E-state index contributed by atoms with van der Waals surface area (Å²) in [7, 11) is 0. The van der Waals surface area contributed by atoms with E-state index in [4.69, 9.17) is 4.74 Å². The Bertz CT molecular complexity index is 190. The van der Waals surface area contributed by atoms with Crippen molar-refractivity contribution in [3.63, 3.8) is 0 Å². The quantitative estimate of drug-likeness (QED) is 0.718. The first-order chi connectivity index (χ1) is 5.63. The molecule has 2 unspecified atom stereocenters. The Morgan fingerprint density at radius 2 is 2.42 bits per heavy atom. The summed E-state index contributed by atoms with van der Waals surface area (Å²) < 4.78 is 6.50. The summed E-state index contributed by atoms with van der Waals surface area (Å²) in [6.07, 6.45) is 3.56. The maximum atomic E-state index is 5.44. The Labute approximate surface area is 82.6 Å². The molecule has 2 heteroatoms. The van der Waals surface area contributed by atoms with Gasteiger partial charge in [-0.1, -0.05) is 36.0 Å². The van der Waals surface area contributed by atoms with Crippen molar-refractivity contribution in [3.05, 3.63) is 23.4 Å². The molecule has 1 aliphatic heterocycles. The van der Waals surface area contributed by atoms with Crippen molar-refractivity contribution < 1.29 is 4.74 Å². The van der Waals surface area contributed by atoms with Gasteiger partial charge in [-0.3, -0.25) is 0 Å². The molecule has 1 heterocycles. The summed E-state index contributed by atoms with van der Waals surface area (Å²) in [6, 6.07) is 0. The molecule has 1 rings (SSSR count). The minimum absolute atomic E-state index is 0.386. The zero-order valence-corrected chi connectivity index (χ0v) is 9.06. The average molecular weight is 231 g/mol. The van der Waals surface area contributed by atoms with Crippen LogP contribution in [0.2, 0.25) is 0 Å². The Balaban J connectivity index is 2.35.